The lowest BCUT2D eigenvalue weighted by atomic mass is 10.0. The van der Waals surface area contributed by atoms with Crippen molar-refractivity contribution in [2.24, 2.45) is 11.8 Å². The molecule has 0 aromatic carbocycles. The molecule has 516 valence electrons. The summed E-state index contributed by atoms with van der Waals surface area (Å²) in [4.78, 5) is 72.3. The molecule has 87 heavy (non-hydrogen) atoms. The number of phosphoric ester groups is 2. The number of carbonyl (C=O) groups is 4. The van der Waals surface area contributed by atoms with Crippen molar-refractivity contribution in [3.8, 4) is 0 Å². The minimum absolute atomic E-state index is 0.101. The second-order valence-corrected chi connectivity index (χ2v) is 28.4. The third kappa shape index (κ3) is 62.6. The first-order chi connectivity index (χ1) is 41.9. The molecule has 2 unspecified atom stereocenters. The van der Waals surface area contributed by atoms with E-state index >= 15 is 0 Å². The quantitative estimate of drug-likeness (QED) is 0.0222. The van der Waals surface area contributed by atoms with Gasteiger partial charge in [-0.2, -0.15) is 0 Å². The molecule has 5 atom stereocenters. The zero-order valence-electron chi connectivity index (χ0n) is 56.3. The van der Waals surface area contributed by atoms with Gasteiger partial charge in [0.25, 0.3) is 0 Å². The first-order valence-corrected chi connectivity index (χ1v) is 38.5. The van der Waals surface area contributed by atoms with Crippen molar-refractivity contribution in [2.75, 3.05) is 39.6 Å². The summed E-state index contributed by atoms with van der Waals surface area (Å²) in [5.74, 6) is -0.786. The Balaban J connectivity index is 5.16. The van der Waals surface area contributed by atoms with Crippen molar-refractivity contribution < 1.29 is 80.2 Å². The molecule has 0 spiro atoms. The molecule has 0 heterocycles. The number of unbranched alkanes of at least 4 members (excludes halogenated alkanes) is 37. The third-order valence-corrected chi connectivity index (χ3v) is 17.6. The van der Waals surface area contributed by atoms with E-state index in [0.29, 0.717) is 37.5 Å². The molecule has 0 radical (unpaired) electrons. The smallest absolute Gasteiger partial charge is 0.462 e. The molecule has 0 aromatic heterocycles. The number of ether oxygens (including phenoxy) is 4. The van der Waals surface area contributed by atoms with Gasteiger partial charge in [-0.3, -0.25) is 37.3 Å². The third-order valence-electron chi connectivity index (χ3n) is 15.7. The summed E-state index contributed by atoms with van der Waals surface area (Å²) >= 11 is 0. The highest BCUT2D eigenvalue weighted by Gasteiger charge is 2.30. The highest BCUT2D eigenvalue weighted by molar-refractivity contribution is 7.47. The summed E-state index contributed by atoms with van der Waals surface area (Å²) in [6.45, 7) is 9.34. The molecule has 3 N–H and O–H groups in total. The normalized spacial score (nSPS) is 14.2. The number of esters is 4. The van der Waals surface area contributed by atoms with Gasteiger partial charge in [-0.1, -0.05) is 292 Å². The fraction of sp³-hybridized carbons (Fsp3) is 0.941. The number of phosphoric acid groups is 2. The zero-order valence-corrected chi connectivity index (χ0v) is 58.1. The van der Waals surface area contributed by atoms with Crippen LogP contribution in [0.25, 0.3) is 0 Å². The van der Waals surface area contributed by atoms with Crippen LogP contribution in [0.5, 0.6) is 0 Å². The molecular weight excluding hydrogens is 1150 g/mol. The van der Waals surface area contributed by atoms with E-state index < -0.39 is 97.5 Å². The van der Waals surface area contributed by atoms with Crippen LogP contribution in [0.4, 0.5) is 0 Å². The Hall–Kier alpha value is -1.94. The first kappa shape index (κ1) is 85.1. The summed E-state index contributed by atoms with van der Waals surface area (Å²) < 4.78 is 68.1. The summed E-state index contributed by atoms with van der Waals surface area (Å²) in [6, 6.07) is 0. The lowest BCUT2D eigenvalue weighted by Crippen LogP contribution is -2.30. The maximum Gasteiger partial charge on any atom is 0.472 e. The van der Waals surface area contributed by atoms with Crippen LogP contribution in [0.15, 0.2) is 0 Å². The lowest BCUT2D eigenvalue weighted by Gasteiger charge is -2.21. The van der Waals surface area contributed by atoms with Crippen molar-refractivity contribution in [3.05, 3.63) is 0 Å². The SMILES string of the molecule is CCCCCCCCCCCCCCCCCCCCCC(=O)O[C@H](COC(=O)CCCCCCCCCCCC)COP(=O)(O)OC[C@@H](O)COP(=O)(O)OC[C@@H](COC(=O)CCCCCCCCC(C)C)OC(=O)CCCCCCCCC(C)C. The van der Waals surface area contributed by atoms with Crippen LogP contribution < -0.4 is 0 Å². The fourth-order valence-corrected chi connectivity index (χ4v) is 11.8. The summed E-state index contributed by atoms with van der Waals surface area (Å²) in [6.07, 6.45) is 44.9. The number of carbonyl (C=O) groups excluding carboxylic acids is 4. The molecule has 17 nitrogen and oxygen atoms in total. The van der Waals surface area contributed by atoms with Gasteiger partial charge in [0.1, 0.15) is 19.3 Å². The standard InChI is InChI=1S/C68H132O17P2/c1-7-9-11-13-15-17-19-20-21-22-23-24-25-26-27-29-31-40-46-52-67(72)84-63(56-78-65(70)50-44-38-30-28-18-16-14-12-10-8-2)58-82-86(74,75)80-54-62(69)55-81-87(76,77)83-59-64(85-68(73)53-47-41-35-33-37-43-49-61(5)6)57-79-66(71)51-45-39-34-32-36-42-48-60(3)4/h60-64,69H,7-59H2,1-6H3,(H,74,75)(H,76,77)/t62-,63-,64-/m1/s1. The van der Waals surface area contributed by atoms with Crippen LogP contribution in [0.2, 0.25) is 0 Å². The van der Waals surface area contributed by atoms with Gasteiger partial charge in [0, 0.05) is 25.7 Å². The molecule has 0 fully saturated rings. The Bertz CT molecular complexity index is 1700. The molecule has 0 bridgehead atoms. The highest BCUT2D eigenvalue weighted by atomic mass is 31.2. The molecule has 0 aliphatic rings. The topological polar surface area (TPSA) is 237 Å². The highest BCUT2D eigenvalue weighted by Crippen LogP contribution is 2.45. The second kappa shape index (κ2) is 60.3. The Labute approximate surface area is 530 Å². The molecule has 19 heteroatoms. The van der Waals surface area contributed by atoms with Gasteiger partial charge in [-0.25, -0.2) is 9.13 Å². The van der Waals surface area contributed by atoms with E-state index in [1.807, 2.05) is 0 Å². The zero-order chi connectivity index (χ0) is 64.3. The van der Waals surface area contributed by atoms with Crippen molar-refractivity contribution in [1.29, 1.82) is 0 Å². The van der Waals surface area contributed by atoms with Crippen LogP contribution in [-0.2, 0) is 65.4 Å². The number of aliphatic hydroxyl groups excluding tert-OH is 1. The molecule has 0 saturated heterocycles. The summed E-state index contributed by atoms with van der Waals surface area (Å²) in [5, 5.41) is 10.5. The Morgan fingerprint density at radius 2 is 0.529 bits per heavy atom. The van der Waals surface area contributed by atoms with Gasteiger partial charge >= 0.3 is 39.5 Å². The second-order valence-electron chi connectivity index (χ2n) is 25.5. The molecule has 0 aliphatic heterocycles. The number of hydrogen-bond donors (Lipinski definition) is 3. The van der Waals surface area contributed by atoms with E-state index in [2.05, 4.69) is 41.5 Å². The van der Waals surface area contributed by atoms with Gasteiger partial charge in [0.2, 0.25) is 0 Å². The van der Waals surface area contributed by atoms with Gasteiger partial charge < -0.3 is 33.8 Å². The van der Waals surface area contributed by atoms with Crippen molar-refractivity contribution in [3.63, 3.8) is 0 Å². The van der Waals surface area contributed by atoms with Crippen LogP contribution in [0.3, 0.4) is 0 Å². The summed E-state index contributed by atoms with van der Waals surface area (Å²) in [7, 11) is -9.89. The minimum Gasteiger partial charge on any atom is -0.462 e. The first-order valence-electron chi connectivity index (χ1n) is 35.5. The van der Waals surface area contributed by atoms with Crippen LogP contribution in [0, 0.1) is 11.8 Å². The van der Waals surface area contributed by atoms with E-state index in [0.717, 1.165) is 96.3 Å². The van der Waals surface area contributed by atoms with Gasteiger partial charge in [0.15, 0.2) is 12.2 Å². The van der Waals surface area contributed by atoms with Gasteiger partial charge in [0.05, 0.1) is 26.4 Å². The van der Waals surface area contributed by atoms with E-state index in [4.69, 9.17) is 37.0 Å². The molecule has 0 saturated carbocycles. The molecular formula is C68H132O17P2. The number of aliphatic hydroxyl groups is 1. The minimum atomic E-state index is -4.95. The van der Waals surface area contributed by atoms with E-state index in [1.165, 1.54) is 154 Å². The van der Waals surface area contributed by atoms with E-state index in [9.17, 15) is 43.2 Å². The number of hydrogen-bond acceptors (Lipinski definition) is 15. The van der Waals surface area contributed by atoms with E-state index in [-0.39, 0.29) is 25.7 Å². The molecule has 0 aromatic rings. The Morgan fingerprint density at radius 3 is 0.782 bits per heavy atom. The molecule has 0 aliphatic carbocycles. The van der Waals surface area contributed by atoms with Crippen molar-refractivity contribution >= 4 is 39.5 Å². The van der Waals surface area contributed by atoms with Crippen LogP contribution in [-0.4, -0.2) is 96.7 Å². The van der Waals surface area contributed by atoms with Crippen molar-refractivity contribution in [1.82, 2.24) is 0 Å². The number of rotatable bonds is 67. The average Bonchev–Trinajstić information content (AvgIpc) is 3.65. The summed E-state index contributed by atoms with van der Waals surface area (Å²) in [5.41, 5.74) is 0. The van der Waals surface area contributed by atoms with E-state index in [1.54, 1.807) is 0 Å². The maximum absolute atomic E-state index is 13.0. The van der Waals surface area contributed by atoms with Crippen molar-refractivity contribution in [2.45, 2.75) is 362 Å². The predicted molar refractivity (Wildman–Crippen MR) is 349 cm³/mol. The van der Waals surface area contributed by atoms with Crippen LogP contribution >= 0.6 is 15.6 Å². The van der Waals surface area contributed by atoms with Gasteiger partial charge in [-0.15, -0.1) is 0 Å². The van der Waals surface area contributed by atoms with Crippen LogP contribution in [0.1, 0.15) is 343 Å². The Morgan fingerprint density at radius 1 is 0.310 bits per heavy atom. The monoisotopic (exact) mass is 1280 g/mol. The molecule has 0 rings (SSSR count). The van der Waals surface area contributed by atoms with Gasteiger partial charge in [-0.05, 0) is 37.5 Å². The maximum atomic E-state index is 13.0. The largest absolute Gasteiger partial charge is 0.472 e. The lowest BCUT2D eigenvalue weighted by molar-refractivity contribution is -0.161. The Kier molecular flexibility index (Phi) is 59.0. The average molecular weight is 1280 g/mol. The fourth-order valence-electron chi connectivity index (χ4n) is 10.2. The predicted octanol–water partition coefficient (Wildman–Crippen LogP) is 19.2. The molecule has 0 amide bonds.